The molecule has 0 bridgehead atoms. The van der Waals surface area contributed by atoms with E-state index in [2.05, 4.69) is 5.32 Å². The highest BCUT2D eigenvalue weighted by Crippen LogP contribution is 2.29. The number of nitrogens with zero attached hydrogens (tertiary/aromatic N) is 3. The number of para-hydroxylation sites is 1. The van der Waals surface area contributed by atoms with Gasteiger partial charge in [-0.15, -0.1) is 11.3 Å². The van der Waals surface area contributed by atoms with Gasteiger partial charge in [-0.3, -0.25) is 4.79 Å². The highest BCUT2D eigenvalue weighted by molar-refractivity contribution is 7.13. The molecule has 0 aliphatic rings. The number of hydrogen-bond donors (Lipinski definition) is 1. The summed E-state index contributed by atoms with van der Waals surface area (Å²) in [6, 6.07) is 25.2. The van der Waals surface area contributed by atoms with Crippen LogP contribution in [0.1, 0.15) is 24.1 Å². The highest BCUT2D eigenvalue weighted by atomic mass is 32.1. The molecular formula is C25H20N4OS. The molecule has 4 rings (SSSR count). The Kier molecular flexibility index (Phi) is 6.06. The summed E-state index contributed by atoms with van der Waals surface area (Å²) in [6.07, 6.45) is 3.45. The van der Waals surface area contributed by atoms with Crippen LogP contribution in [0.4, 0.5) is 0 Å². The molecule has 1 atom stereocenters. The third-order valence-corrected chi connectivity index (χ3v) is 5.71. The smallest absolute Gasteiger partial charge is 0.262 e. The average Bonchev–Trinajstić information content (AvgIpc) is 3.48. The molecule has 1 N–H and O–H groups in total. The Bertz CT molecular complexity index is 1240. The lowest BCUT2D eigenvalue weighted by atomic mass is 10.1. The molecule has 2 heterocycles. The van der Waals surface area contributed by atoms with E-state index in [0.29, 0.717) is 5.56 Å². The zero-order valence-electron chi connectivity index (χ0n) is 16.9. The van der Waals surface area contributed by atoms with Crippen molar-refractivity contribution in [1.29, 1.82) is 5.26 Å². The molecule has 0 fully saturated rings. The summed E-state index contributed by atoms with van der Waals surface area (Å²) in [5, 5.41) is 19.3. The Hall–Kier alpha value is -3.95. The minimum absolute atomic E-state index is 0.0354. The van der Waals surface area contributed by atoms with Crippen molar-refractivity contribution in [3.05, 3.63) is 101 Å². The van der Waals surface area contributed by atoms with E-state index in [9.17, 15) is 10.1 Å². The predicted octanol–water partition coefficient (Wildman–Crippen LogP) is 5.39. The lowest BCUT2D eigenvalue weighted by molar-refractivity contribution is -0.117. The molecule has 0 saturated heterocycles. The van der Waals surface area contributed by atoms with E-state index >= 15 is 0 Å². The number of nitrogens with one attached hydrogen (secondary N) is 1. The van der Waals surface area contributed by atoms with Crippen LogP contribution in [0, 0.1) is 11.3 Å². The van der Waals surface area contributed by atoms with Gasteiger partial charge in [0.15, 0.2) is 0 Å². The van der Waals surface area contributed by atoms with Gasteiger partial charge in [-0.1, -0.05) is 54.6 Å². The third-order valence-electron chi connectivity index (χ3n) is 4.83. The molecular weight excluding hydrogens is 404 g/mol. The number of aromatic nitrogens is 2. The summed E-state index contributed by atoms with van der Waals surface area (Å²) >= 11 is 1.56. The summed E-state index contributed by atoms with van der Waals surface area (Å²) < 4.78 is 1.76. The van der Waals surface area contributed by atoms with E-state index < -0.39 is 5.91 Å². The molecule has 0 aliphatic carbocycles. The van der Waals surface area contributed by atoms with Crippen LogP contribution in [0.15, 0.2) is 89.9 Å². The number of benzene rings is 2. The van der Waals surface area contributed by atoms with E-state index in [1.807, 2.05) is 97.4 Å². The van der Waals surface area contributed by atoms with Crippen LogP contribution in [-0.4, -0.2) is 15.7 Å². The Balaban J connectivity index is 1.67. The number of hydrogen-bond acceptors (Lipinski definition) is 4. The molecule has 31 heavy (non-hydrogen) atoms. The van der Waals surface area contributed by atoms with Gasteiger partial charge in [0.05, 0.1) is 16.6 Å². The molecule has 1 unspecified atom stereocenters. The second-order valence-corrected chi connectivity index (χ2v) is 7.91. The van der Waals surface area contributed by atoms with Crippen LogP contribution in [-0.2, 0) is 4.79 Å². The fraction of sp³-hybridized carbons (Fsp3) is 0.0800. The van der Waals surface area contributed by atoms with E-state index in [1.165, 1.54) is 0 Å². The van der Waals surface area contributed by atoms with Crippen LogP contribution in [0.25, 0.3) is 22.3 Å². The van der Waals surface area contributed by atoms with Crippen LogP contribution in [0.3, 0.4) is 0 Å². The van der Waals surface area contributed by atoms with Crippen LogP contribution >= 0.6 is 11.3 Å². The number of rotatable bonds is 6. The number of amides is 1. The van der Waals surface area contributed by atoms with Crippen molar-refractivity contribution in [2.24, 2.45) is 0 Å². The first-order chi connectivity index (χ1) is 15.2. The molecule has 0 saturated carbocycles. The van der Waals surface area contributed by atoms with Gasteiger partial charge < -0.3 is 5.32 Å². The molecule has 152 valence electrons. The van der Waals surface area contributed by atoms with Gasteiger partial charge in [-0.25, -0.2) is 4.68 Å². The average molecular weight is 425 g/mol. The maximum absolute atomic E-state index is 12.8. The monoisotopic (exact) mass is 424 g/mol. The van der Waals surface area contributed by atoms with Crippen molar-refractivity contribution >= 4 is 23.3 Å². The standard InChI is InChI=1S/C25H20N4OS/c1-18(19-9-4-2-5-10-19)27-25(30)20(16-26)15-21-17-29(22-11-6-3-7-12-22)28-24(21)23-13-8-14-31-23/h2-15,17-18H,1H3,(H,27,30)/b20-15+. The molecule has 2 aromatic carbocycles. The largest absolute Gasteiger partial charge is 0.345 e. The lowest BCUT2D eigenvalue weighted by Crippen LogP contribution is -2.27. The summed E-state index contributed by atoms with van der Waals surface area (Å²) in [5.74, 6) is -0.413. The first-order valence-corrected chi connectivity index (χ1v) is 10.7. The van der Waals surface area contributed by atoms with E-state index in [4.69, 9.17) is 5.10 Å². The van der Waals surface area contributed by atoms with Crippen LogP contribution in [0.2, 0.25) is 0 Å². The minimum Gasteiger partial charge on any atom is -0.345 e. The van der Waals surface area contributed by atoms with Gasteiger partial charge in [0.1, 0.15) is 17.3 Å². The maximum Gasteiger partial charge on any atom is 0.262 e. The molecule has 5 nitrogen and oxygen atoms in total. The zero-order valence-corrected chi connectivity index (χ0v) is 17.7. The van der Waals surface area contributed by atoms with Crippen LogP contribution in [0.5, 0.6) is 0 Å². The van der Waals surface area contributed by atoms with Crippen molar-refractivity contribution in [3.63, 3.8) is 0 Å². The third kappa shape index (κ3) is 4.63. The van der Waals surface area contributed by atoms with Gasteiger partial charge in [-0.2, -0.15) is 10.4 Å². The number of thiophene rings is 1. The van der Waals surface area contributed by atoms with Gasteiger partial charge >= 0.3 is 0 Å². The number of carbonyl (C=O) groups is 1. The van der Waals surface area contributed by atoms with Gasteiger partial charge in [0, 0.05) is 11.8 Å². The Morgan fingerprint density at radius 1 is 1.10 bits per heavy atom. The molecule has 4 aromatic rings. The molecule has 2 aromatic heterocycles. The fourth-order valence-electron chi connectivity index (χ4n) is 3.21. The summed E-state index contributed by atoms with van der Waals surface area (Å²) in [5.41, 5.74) is 3.36. The predicted molar refractivity (Wildman–Crippen MR) is 123 cm³/mol. The van der Waals surface area contributed by atoms with Crippen molar-refractivity contribution in [3.8, 4) is 22.3 Å². The van der Waals surface area contributed by atoms with Crippen molar-refractivity contribution in [1.82, 2.24) is 15.1 Å². The Labute approximate surface area is 184 Å². The van der Waals surface area contributed by atoms with Crippen molar-refractivity contribution in [2.75, 3.05) is 0 Å². The topological polar surface area (TPSA) is 70.7 Å². The Morgan fingerprint density at radius 3 is 2.45 bits per heavy atom. The van der Waals surface area contributed by atoms with Crippen molar-refractivity contribution in [2.45, 2.75) is 13.0 Å². The van der Waals surface area contributed by atoms with Gasteiger partial charge in [0.2, 0.25) is 0 Å². The first kappa shape index (κ1) is 20.3. The summed E-state index contributed by atoms with van der Waals surface area (Å²) in [6.45, 7) is 1.90. The number of carbonyl (C=O) groups excluding carboxylic acids is 1. The quantitative estimate of drug-likeness (QED) is 0.333. The van der Waals surface area contributed by atoms with E-state index in [0.717, 1.165) is 21.8 Å². The SMILES string of the molecule is CC(NC(=O)/C(C#N)=C/c1cn(-c2ccccc2)nc1-c1cccs1)c1ccccc1. The van der Waals surface area contributed by atoms with Crippen LogP contribution < -0.4 is 5.32 Å². The Morgan fingerprint density at radius 2 is 1.81 bits per heavy atom. The highest BCUT2D eigenvalue weighted by Gasteiger charge is 2.17. The molecule has 0 aliphatic heterocycles. The molecule has 0 spiro atoms. The second-order valence-electron chi connectivity index (χ2n) is 6.97. The second kappa shape index (κ2) is 9.24. The summed E-state index contributed by atoms with van der Waals surface area (Å²) in [7, 11) is 0. The summed E-state index contributed by atoms with van der Waals surface area (Å²) in [4.78, 5) is 13.8. The maximum atomic E-state index is 12.8. The lowest BCUT2D eigenvalue weighted by Gasteiger charge is -2.13. The van der Waals surface area contributed by atoms with Crippen molar-refractivity contribution < 1.29 is 4.79 Å². The number of nitriles is 1. The van der Waals surface area contributed by atoms with Gasteiger partial charge in [0.25, 0.3) is 5.91 Å². The molecule has 6 heteroatoms. The first-order valence-electron chi connectivity index (χ1n) is 9.82. The molecule has 0 radical (unpaired) electrons. The van der Waals surface area contributed by atoms with E-state index in [-0.39, 0.29) is 11.6 Å². The minimum atomic E-state index is -0.413. The van der Waals surface area contributed by atoms with E-state index in [1.54, 1.807) is 22.1 Å². The zero-order chi connectivity index (χ0) is 21.6. The molecule has 1 amide bonds. The van der Waals surface area contributed by atoms with Gasteiger partial charge in [-0.05, 0) is 42.1 Å². The normalized spacial score (nSPS) is 12.2. The fourth-order valence-corrected chi connectivity index (χ4v) is 3.95.